The van der Waals surface area contributed by atoms with Gasteiger partial charge in [-0.05, 0) is 83.4 Å². The lowest BCUT2D eigenvalue weighted by Gasteiger charge is -2.22. The summed E-state index contributed by atoms with van der Waals surface area (Å²) in [6.45, 7) is 11.6. The lowest BCUT2D eigenvalue weighted by atomic mass is 10.0. The number of carbonyl (C=O) groups is 2. The Labute approximate surface area is 329 Å². The quantitative estimate of drug-likeness (QED) is 0.0377. The third-order valence-electron chi connectivity index (χ3n) is 10.3. The smallest absolute Gasteiger partial charge is 0.306 e. The predicted octanol–water partition coefficient (Wildman–Crippen LogP) is 12.5. The van der Waals surface area contributed by atoms with E-state index in [4.69, 9.17) is 14.2 Å². The standard InChI is InChI=1S/C46H89NO6/c1-4-7-10-13-17-23-33-44(34-24-18-14-11-8-5-2)53-46(50)36-25-19-16-20-27-37-47(39-32-40-48)38-28-22-26-35-45(49)52-43-31-30-42-51-41-29-21-15-12-9-6-3/h30-31,44,48H,4-29,32-43H2,1-3H3. The van der Waals surface area contributed by atoms with Crippen molar-refractivity contribution in [1.29, 1.82) is 0 Å². The van der Waals surface area contributed by atoms with Crippen LogP contribution in [-0.2, 0) is 23.8 Å². The van der Waals surface area contributed by atoms with Crippen molar-refractivity contribution in [3.8, 4) is 0 Å². The van der Waals surface area contributed by atoms with Gasteiger partial charge in [-0.3, -0.25) is 9.59 Å². The molecule has 0 aromatic heterocycles. The molecule has 0 fully saturated rings. The first-order valence-corrected chi connectivity index (χ1v) is 23.0. The number of hydrogen-bond donors (Lipinski definition) is 1. The molecular formula is C46H89NO6. The summed E-state index contributed by atoms with van der Waals surface area (Å²) in [6.07, 6.45) is 39.0. The molecule has 0 aromatic carbocycles. The molecule has 0 amide bonds. The number of nitrogens with zero attached hydrogens (tertiary/aromatic N) is 1. The Morgan fingerprint density at radius 1 is 0.509 bits per heavy atom. The fraction of sp³-hybridized carbons (Fsp3) is 0.913. The monoisotopic (exact) mass is 752 g/mol. The summed E-state index contributed by atoms with van der Waals surface area (Å²) >= 11 is 0. The lowest BCUT2D eigenvalue weighted by Crippen LogP contribution is -2.28. The highest BCUT2D eigenvalue weighted by atomic mass is 16.5. The topological polar surface area (TPSA) is 85.3 Å². The Bertz CT molecular complexity index is 774. The van der Waals surface area contributed by atoms with E-state index < -0.39 is 0 Å². The van der Waals surface area contributed by atoms with Crippen LogP contribution in [0.15, 0.2) is 12.2 Å². The molecule has 0 rings (SSSR count). The van der Waals surface area contributed by atoms with E-state index in [1.165, 1.54) is 109 Å². The van der Waals surface area contributed by atoms with Gasteiger partial charge in [0.25, 0.3) is 0 Å². The molecule has 7 nitrogen and oxygen atoms in total. The van der Waals surface area contributed by atoms with Crippen LogP contribution in [0.4, 0.5) is 0 Å². The van der Waals surface area contributed by atoms with E-state index in [0.29, 0.717) is 26.1 Å². The summed E-state index contributed by atoms with van der Waals surface area (Å²) in [5.41, 5.74) is 0. The highest BCUT2D eigenvalue weighted by molar-refractivity contribution is 5.69. The van der Waals surface area contributed by atoms with Gasteiger partial charge in [0.15, 0.2) is 0 Å². The van der Waals surface area contributed by atoms with Crippen molar-refractivity contribution in [2.24, 2.45) is 0 Å². The van der Waals surface area contributed by atoms with Crippen LogP contribution in [0.1, 0.15) is 220 Å². The van der Waals surface area contributed by atoms with Gasteiger partial charge in [0.2, 0.25) is 0 Å². The fourth-order valence-corrected chi connectivity index (χ4v) is 6.84. The number of aliphatic hydroxyl groups is 1. The molecule has 0 aliphatic heterocycles. The van der Waals surface area contributed by atoms with Crippen molar-refractivity contribution in [3.63, 3.8) is 0 Å². The van der Waals surface area contributed by atoms with Crippen LogP contribution in [0, 0.1) is 0 Å². The SMILES string of the molecule is CCCCCCCCOCC=CCOC(=O)CCCCCN(CCCO)CCCCCCCC(=O)OC(CCCCCCCC)CCCCCCCC. The van der Waals surface area contributed by atoms with Crippen molar-refractivity contribution in [1.82, 2.24) is 4.90 Å². The second kappa shape index (κ2) is 43.3. The fourth-order valence-electron chi connectivity index (χ4n) is 6.84. The lowest BCUT2D eigenvalue weighted by molar-refractivity contribution is -0.150. The number of rotatable bonds is 43. The van der Waals surface area contributed by atoms with Gasteiger partial charge in [0, 0.05) is 32.6 Å². The zero-order chi connectivity index (χ0) is 38.7. The first kappa shape index (κ1) is 51.6. The molecule has 0 aliphatic rings. The minimum atomic E-state index is -0.130. The molecule has 0 unspecified atom stereocenters. The van der Waals surface area contributed by atoms with Gasteiger partial charge in [0.05, 0.1) is 6.61 Å². The van der Waals surface area contributed by atoms with Crippen LogP contribution in [0.2, 0.25) is 0 Å². The van der Waals surface area contributed by atoms with Crippen molar-refractivity contribution >= 4 is 11.9 Å². The van der Waals surface area contributed by atoms with E-state index in [9.17, 15) is 14.7 Å². The minimum absolute atomic E-state index is 0.00620. The number of unbranched alkanes of at least 4 members (excludes halogenated alkanes) is 21. The average molecular weight is 752 g/mol. The zero-order valence-corrected chi connectivity index (χ0v) is 35.5. The van der Waals surface area contributed by atoms with Gasteiger partial charge in [-0.25, -0.2) is 0 Å². The summed E-state index contributed by atoms with van der Waals surface area (Å²) in [4.78, 5) is 27.3. The first-order valence-electron chi connectivity index (χ1n) is 23.0. The molecule has 53 heavy (non-hydrogen) atoms. The minimum Gasteiger partial charge on any atom is -0.462 e. The maximum atomic E-state index is 12.7. The molecule has 0 heterocycles. The predicted molar refractivity (Wildman–Crippen MR) is 224 cm³/mol. The highest BCUT2D eigenvalue weighted by Crippen LogP contribution is 2.18. The summed E-state index contributed by atoms with van der Waals surface area (Å²) < 4.78 is 17.0. The van der Waals surface area contributed by atoms with Crippen LogP contribution < -0.4 is 0 Å². The van der Waals surface area contributed by atoms with Gasteiger partial charge >= 0.3 is 11.9 Å². The van der Waals surface area contributed by atoms with Crippen molar-refractivity contribution in [3.05, 3.63) is 12.2 Å². The molecule has 314 valence electrons. The van der Waals surface area contributed by atoms with E-state index in [1.54, 1.807) is 0 Å². The molecular weight excluding hydrogens is 663 g/mol. The molecule has 1 N–H and O–H groups in total. The van der Waals surface area contributed by atoms with Crippen LogP contribution in [0.25, 0.3) is 0 Å². The van der Waals surface area contributed by atoms with Crippen LogP contribution in [0.3, 0.4) is 0 Å². The molecule has 0 saturated carbocycles. The third-order valence-corrected chi connectivity index (χ3v) is 10.3. The zero-order valence-electron chi connectivity index (χ0n) is 35.5. The van der Waals surface area contributed by atoms with Crippen molar-refractivity contribution in [2.75, 3.05) is 46.1 Å². The second-order valence-electron chi connectivity index (χ2n) is 15.5. The molecule has 0 bridgehead atoms. The maximum absolute atomic E-state index is 12.7. The second-order valence-corrected chi connectivity index (χ2v) is 15.5. The number of esters is 2. The normalized spacial score (nSPS) is 11.7. The van der Waals surface area contributed by atoms with Crippen LogP contribution >= 0.6 is 0 Å². The van der Waals surface area contributed by atoms with Crippen LogP contribution in [-0.4, -0.2) is 74.1 Å². The highest BCUT2D eigenvalue weighted by Gasteiger charge is 2.14. The molecule has 0 atom stereocenters. The molecule has 0 aromatic rings. The summed E-state index contributed by atoms with van der Waals surface area (Å²) in [7, 11) is 0. The molecule has 0 spiro atoms. The van der Waals surface area contributed by atoms with E-state index in [-0.39, 0.29) is 24.6 Å². The van der Waals surface area contributed by atoms with Crippen molar-refractivity contribution < 1.29 is 28.9 Å². The Morgan fingerprint density at radius 3 is 1.51 bits per heavy atom. The summed E-state index contributed by atoms with van der Waals surface area (Å²) in [5.74, 6) is -0.124. The molecule has 0 aliphatic carbocycles. The van der Waals surface area contributed by atoms with Gasteiger partial charge in [-0.15, -0.1) is 0 Å². The number of aliphatic hydroxyl groups excluding tert-OH is 1. The Kier molecular flexibility index (Phi) is 42.1. The largest absolute Gasteiger partial charge is 0.462 e. The summed E-state index contributed by atoms with van der Waals surface area (Å²) in [6, 6.07) is 0. The molecule has 0 radical (unpaired) electrons. The van der Waals surface area contributed by atoms with Gasteiger partial charge in [-0.1, -0.05) is 149 Å². The van der Waals surface area contributed by atoms with Crippen LogP contribution in [0.5, 0.6) is 0 Å². The van der Waals surface area contributed by atoms with E-state index in [1.807, 2.05) is 12.2 Å². The van der Waals surface area contributed by atoms with E-state index in [2.05, 4.69) is 25.7 Å². The van der Waals surface area contributed by atoms with Gasteiger partial charge < -0.3 is 24.2 Å². The van der Waals surface area contributed by atoms with Gasteiger partial charge in [-0.2, -0.15) is 0 Å². The maximum Gasteiger partial charge on any atom is 0.306 e. The average Bonchev–Trinajstić information content (AvgIpc) is 3.15. The van der Waals surface area contributed by atoms with Crippen molar-refractivity contribution in [2.45, 2.75) is 226 Å². The van der Waals surface area contributed by atoms with E-state index in [0.717, 1.165) is 103 Å². The molecule has 0 saturated heterocycles. The van der Waals surface area contributed by atoms with E-state index >= 15 is 0 Å². The Hall–Kier alpha value is -1.44. The summed E-state index contributed by atoms with van der Waals surface area (Å²) in [5, 5.41) is 9.38. The van der Waals surface area contributed by atoms with Gasteiger partial charge in [0.1, 0.15) is 12.7 Å². The number of carbonyl (C=O) groups excluding carboxylic acids is 2. The number of ether oxygens (including phenoxy) is 3. The molecule has 7 heteroatoms. The third kappa shape index (κ3) is 40.1. The number of hydrogen-bond acceptors (Lipinski definition) is 7. The Balaban J connectivity index is 4.05. The first-order chi connectivity index (χ1) is 26.1. The Morgan fingerprint density at radius 2 is 0.943 bits per heavy atom.